The number of amides is 1. The second-order valence-electron chi connectivity index (χ2n) is 6.91. The average molecular weight is 449 g/mol. The number of Topliss-reactive ketones (excluding diaryl/α,β-unsaturated/α-hetero) is 1. The number of hydrogen-bond acceptors (Lipinski definition) is 10. The fraction of sp³-hybridized carbons (Fsp3) is 0.789. The highest BCUT2D eigenvalue weighted by Crippen LogP contribution is 2.01. The first-order valence-corrected chi connectivity index (χ1v) is 10.4. The minimum absolute atomic E-state index is 0.0108. The Morgan fingerprint density at radius 3 is 2.10 bits per heavy atom. The molecule has 0 fully saturated rings. The van der Waals surface area contributed by atoms with Crippen LogP contribution in [-0.2, 0) is 24.0 Å². The highest BCUT2D eigenvalue weighted by atomic mass is 16.7. The van der Waals surface area contributed by atoms with Gasteiger partial charge in [-0.1, -0.05) is 0 Å². The van der Waals surface area contributed by atoms with Gasteiger partial charge in [0.15, 0.2) is 0 Å². The number of carboxylic acid groups (broad SMARTS) is 1. The van der Waals surface area contributed by atoms with Gasteiger partial charge in [-0.15, -0.1) is 0 Å². The molecule has 0 spiro atoms. The SMILES string of the molecule is CC(=O)NCCCCN[C@@H](CCC(=O)O)C(C)=O.CNN[C@@H](CCCCN)C(=O)ON. The van der Waals surface area contributed by atoms with Crippen LogP contribution in [0.5, 0.6) is 0 Å². The third-order valence-electron chi connectivity index (χ3n) is 4.17. The van der Waals surface area contributed by atoms with Gasteiger partial charge in [0.25, 0.3) is 0 Å². The number of carboxylic acids is 1. The summed E-state index contributed by atoms with van der Waals surface area (Å²) in [6, 6.07) is -0.789. The molecule has 0 heterocycles. The fourth-order valence-corrected chi connectivity index (χ4v) is 2.51. The minimum Gasteiger partial charge on any atom is -0.481 e. The largest absolute Gasteiger partial charge is 0.481 e. The van der Waals surface area contributed by atoms with E-state index in [0.29, 0.717) is 32.5 Å². The van der Waals surface area contributed by atoms with Crippen molar-refractivity contribution in [2.24, 2.45) is 11.6 Å². The van der Waals surface area contributed by atoms with Crippen molar-refractivity contribution in [3.05, 3.63) is 0 Å². The molecular formula is C19H40N6O6. The van der Waals surface area contributed by atoms with Crippen molar-refractivity contribution in [1.82, 2.24) is 21.5 Å². The summed E-state index contributed by atoms with van der Waals surface area (Å²) >= 11 is 0. The van der Waals surface area contributed by atoms with Gasteiger partial charge in [0.2, 0.25) is 5.91 Å². The van der Waals surface area contributed by atoms with Crippen LogP contribution in [0.2, 0.25) is 0 Å². The van der Waals surface area contributed by atoms with Crippen LogP contribution in [-0.4, -0.2) is 67.5 Å². The van der Waals surface area contributed by atoms with Gasteiger partial charge in [-0.25, -0.2) is 10.2 Å². The summed E-state index contributed by atoms with van der Waals surface area (Å²) in [6.45, 7) is 4.82. The standard InChI is InChI=1S/C12H22N2O4.C7H18N4O2/c1-9(15)11(5-6-12(17)18)14-8-4-3-7-13-10(2)16;1-10-11-6(7(12)13-9)4-2-3-5-8/h11,14H,3-8H2,1-2H3,(H,13,16)(H,17,18);6,10-11H,2-5,8-9H2,1H3/t11-;6-/m00/s1. The molecule has 0 aliphatic rings. The van der Waals surface area contributed by atoms with Crippen molar-refractivity contribution < 1.29 is 29.1 Å². The summed E-state index contributed by atoms with van der Waals surface area (Å²) < 4.78 is 0. The lowest BCUT2D eigenvalue weighted by molar-refractivity contribution is -0.147. The first-order chi connectivity index (χ1) is 14.7. The Bertz CT molecular complexity index is 520. The predicted molar refractivity (Wildman–Crippen MR) is 116 cm³/mol. The van der Waals surface area contributed by atoms with Gasteiger partial charge in [0.1, 0.15) is 11.8 Å². The Hall–Kier alpha value is -2.12. The van der Waals surface area contributed by atoms with Crippen molar-refractivity contribution in [2.75, 3.05) is 26.7 Å². The molecule has 0 aliphatic carbocycles. The van der Waals surface area contributed by atoms with Crippen LogP contribution in [0.1, 0.15) is 58.8 Å². The summed E-state index contributed by atoms with van der Waals surface area (Å²) in [5.74, 6) is 3.31. The molecule has 2 atom stereocenters. The Morgan fingerprint density at radius 1 is 0.968 bits per heavy atom. The van der Waals surface area contributed by atoms with Gasteiger partial charge in [-0.3, -0.25) is 19.8 Å². The van der Waals surface area contributed by atoms with Crippen LogP contribution < -0.4 is 33.1 Å². The molecule has 0 saturated carbocycles. The third kappa shape index (κ3) is 20.9. The molecule has 0 bridgehead atoms. The lowest BCUT2D eigenvalue weighted by Crippen LogP contribution is -2.45. The number of unbranched alkanes of at least 4 members (excludes halogenated alkanes) is 2. The highest BCUT2D eigenvalue weighted by Gasteiger charge is 2.17. The first-order valence-electron chi connectivity index (χ1n) is 10.4. The van der Waals surface area contributed by atoms with E-state index >= 15 is 0 Å². The van der Waals surface area contributed by atoms with Crippen molar-refractivity contribution in [3.63, 3.8) is 0 Å². The topological polar surface area (TPSA) is 198 Å². The van der Waals surface area contributed by atoms with Crippen molar-refractivity contribution in [3.8, 4) is 0 Å². The molecule has 0 aromatic carbocycles. The number of hydrazine groups is 1. The molecule has 1 amide bonds. The first kappa shape index (κ1) is 31.1. The fourth-order valence-electron chi connectivity index (χ4n) is 2.51. The normalized spacial score (nSPS) is 12.2. The van der Waals surface area contributed by atoms with Crippen molar-refractivity contribution in [1.29, 1.82) is 0 Å². The predicted octanol–water partition coefficient (Wildman–Crippen LogP) is -1.06. The van der Waals surface area contributed by atoms with E-state index in [9.17, 15) is 19.2 Å². The van der Waals surface area contributed by atoms with E-state index in [-0.39, 0.29) is 24.2 Å². The number of aliphatic carboxylic acids is 1. The minimum atomic E-state index is -0.895. The van der Waals surface area contributed by atoms with E-state index in [1.165, 1.54) is 13.8 Å². The summed E-state index contributed by atoms with van der Waals surface area (Å²) in [6.07, 6.45) is 4.38. The molecule has 0 radical (unpaired) electrons. The number of carbonyl (C=O) groups is 4. The number of hydrogen-bond donors (Lipinski definition) is 7. The van der Waals surface area contributed by atoms with Gasteiger partial charge in [-0.2, -0.15) is 5.90 Å². The Morgan fingerprint density at radius 2 is 1.61 bits per heavy atom. The van der Waals surface area contributed by atoms with Crippen LogP contribution in [0, 0.1) is 0 Å². The monoisotopic (exact) mass is 448 g/mol. The molecule has 31 heavy (non-hydrogen) atoms. The van der Waals surface area contributed by atoms with E-state index in [2.05, 4.69) is 26.3 Å². The molecule has 9 N–H and O–H groups in total. The summed E-state index contributed by atoms with van der Waals surface area (Å²) in [4.78, 5) is 47.4. The van der Waals surface area contributed by atoms with E-state index in [0.717, 1.165) is 25.7 Å². The average Bonchev–Trinajstić information content (AvgIpc) is 2.71. The van der Waals surface area contributed by atoms with Crippen LogP contribution in [0.15, 0.2) is 0 Å². The van der Waals surface area contributed by atoms with E-state index in [1.54, 1.807) is 7.05 Å². The molecule has 12 nitrogen and oxygen atoms in total. The van der Waals surface area contributed by atoms with Crippen molar-refractivity contribution in [2.45, 2.75) is 70.9 Å². The van der Waals surface area contributed by atoms with Crippen LogP contribution in [0.25, 0.3) is 0 Å². The summed E-state index contributed by atoms with van der Waals surface area (Å²) in [5, 5.41) is 14.3. The van der Waals surface area contributed by atoms with Gasteiger partial charge in [0, 0.05) is 19.9 Å². The number of ketones is 1. The van der Waals surface area contributed by atoms with Gasteiger partial charge < -0.3 is 26.3 Å². The number of nitrogens with one attached hydrogen (secondary N) is 4. The van der Waals surface area contributed by atoms with Gasteiger partial charge in [-0.05, 0) is 65.6 Å². The number of carbonyl (C=O) groups excluding carboxylic acids is 3. The Balaban J connectivity index is 0. The maximum absolute atomic E-state index is 11.3. The summed E-state index contributed by atoms with van der Waals surface area (Å²) in [7, 11) is 1.68. The molecule has 12 heteroatoms. The smallest absolute Gasteiger partial charge is 0.342 e. The second kappa shape index (κ2) is 21.1. The molecular weight excluding hydrogens is 408 g/mol. The lowest BCUT2D eigenvalue weighted by Gasteiger charge is -2.14. The maximum atomic E-state index is 11.3. The molecule has 0 aromatic heterocycles. The van der Waals surface area contributed by atoms with Crippen LogP contribution in [0.3, 0.4) is 0 Å². The quantitative estimate of drug-likeness (QED) is 0.106. The van der Waals surface area contributed by atoms with E-state index in [4.69, 9.17) is 16.7 Å². The zero-order chi connectivity index (χ0) is 24.1. The molecule has 0 rings (SSSR count). The molecule has 0 aromatic rings. The second-order valence-corrected chi connectivity index (χ2v) is 6.91. The molecule has 0 unspecified atom stereocenters. The van der Waals surface area contributed by atoms with E-state index in [1.807, 2.05) is 0 Å². The molecule has 182 valence electrons. The van der Waals surface area contributed by atoms with Gasteiger partial charge in [0.05, 0.1) is 6.04 Å². The maximum Gasteiger partial charge on any atom is 0.342 e. The van der Waals surface area contributed by atoms with E-state index < -0.39 is 18.0 Å². The highest BCUT2D eigenvalue weighted by molar-refractivity contribution is 5.82. The van der Waals surface area contributed by atoms with Crippen LogP contribution in [0.4, 0.5) is 0 Å². The zero-order valence-corrected chi connectivity index (χ0v) is 18.9. The van der Waals surface area contributed by atoms with Gasteiger partial charge >= 0.3 is 11.9 Å². The third-order valence-corrected chi connectivity index (χ3v) is 4.17. The molecule has 0 saturated heterocycles. The Kier molecular flexibility index (Phi) is 21.2. The van der Waals surface area contributed by atoms with Crippen molar-refractivity contribution >= 4 is 23.6 Å². The van der Waals surface area contributed by atoms with Crippen LogP contribution >= 0.6 is 0 Å². The summed E-state index contributed by atoms with van der Waals surface area (Å²) in [5.41, 5.74) is 10.7. The zero-order valence-electron chi connectivity index (χ0n) is 18.9. The Labute approximate surface area is 184 Å². The number of nitrogens with two attached hydrogens (primary N) is 2. The lowest BCUT2D eigenvalue weighted by atomic mass is 10.1. The molecule has 0 aliphatic heterocycles. The number of rotatable bonds is 17.